The third kappa shape index (κ3) is 2.96. The zero-order chi connectivity index (χ0) is 14.6. The van der Waals surface area contributed by atoms with Gasteiger partial charge in [0, 0.05) is 17.8 Å². The lowest BCUT2D eigenvalue weighted by atomic mass is 9.89. The summed E-state index contributed by atoms with van der Waals surface area (Å²) < 4.78 is 0. The van der Waals surface area contributed by atoms with Gasteiger partial charge < -0.3 is 5.32 Å². The van der Waals surface area contributed by atoms with Crippen LogP contribution in [0.2, 0.25) is 0 Å². The molecule has 0 amide bonds. The van der Waals surface area contributed by atoms with Gasteiger partial charge in [0.25, 0.3) is 5.69 Å². The molecule has 4 heteroatoms. The van der Waals surface area contributed by atoms with Crippen LogP contribution >= 0.6 is 0 Å². The van der Waals surface area contributed by atoms with E-state index in [4.69, 9.17) is 0 Å². The molecule has 2 rings (SSSR count). The van der Waals surface area contributed by atoms with E-state index in [0.29, 0.717) is 0 Å². The number of non-ortho nitro benzene ring substituents is 1. The average molecular weight is 270 g/mol. The summed E-state index contributed by atoms with van der Waals surface area (Å²) in [6, 6.07) is 16.7. The van der Waals surface area contributed by atoms with Crippen LogP contribution in [0.15, 0.2) is 54.6 Å². The van der Waals surface area contributed by atoms with Crippen LogP contribution < -0.4 is 5.32 Å². The minimum Gasteiger partial charge on any atom is -0.376 e. The van der Waals surface area contributed by atoms with Crippen molar-refractivity contribution in [3.05, 3.63) is 70.3 Å². The van der Waals surface area contributed by atoms with E-state index in [9.17, 15) is 10.1 Å². The summed E-state index contributed by atoms with van der Waals surface area (Å²) in [6.45, 7) is 4.25. The molecule has 1 N–H and O–H groups in total. The molecule has 0 aliphatic heterocycles. The molecule has 0 aliphatic carbocycles. The van der Waals surface area contributed by atoms with E-state index in [1.54, 1.807) is 12.1 Å². The zero-order valence-electron chi connectivity index (χ0n) is 11.7. The van der Waals surface area contributed by atoms with Crippen LogP contribution in [0.5, 0.6) is 0 Å². The van der Waals surface area contributed by atoms with Crippen molar-refractivity contribution in [2.45, 2.75) is 25.8 Å². The SMILES string of the molecule is CCC(C)(Nc1ccc([N+](=O)[O-])cc1)c1ccccc1. The van der Waals surface area contributed by atoms with Crippen LogP contribution in [0.25, 0.3) is 0 Å². The van der Waals surface area contributed by atoms with E-state index in [1.165, 1.54) is 17.7 Å². The van der Waals surface area contributed by atoms with E-state index >= 15 is 0 Å². The Morgan fingerprint density at radius 2 is 1.70 bits per heavy atom. The second-order valence-corrected chi connectivity index (χ2v) is 4.98. The van der Waals surface area contributed by atoms with Crippen molar-refractivity contribution in [1.82, 2.24) is 0 Å². The molecule has 0 heterocycles. The average Bonchev–Trinajstić information content (AvgIpc) is 2.48. The summed E-state index contributed by atoms with van der Waals surface area (Å²) in [5.74, 6) is 0. The number of nitro groups is 1. The zero-order valence-corrected chi connectivity index (χ0v) is 11.7. The van der Waals surface area contributed by atoms with Gasteiger partial charge in [0.2, 0.25) is 0 Å². The molecule has 0 spiro atoms. The molecule has 20 heavy (non-hydrogen) atoms. The Hall–Kier alpha value is -2.36. The van der Waals surface area contributed by atoms with Gasteiger partial charge in [0.05, 0.1) is 10.5 Å². The van der Waals surface area contributed by atoms with E-state index in [0.717, 1.165) is 12.1 Å². The van der Waals surface area contributed by atoms with Gasteiger partial charge in [-0.3, -0.25) is 10.1 Å². The third-order valence-corrected chi connectivity index (χ3v) is 3.62. The fraction of sp³-hybridized carbons (Fsp3) is 0.250. The summed E-state index contributed by atoms with van der Waals surface area (Å²) in [5, 5.41) is 14.1. The summed E-state index contributed by atoms with van der Waals surface area (Å²) in [5.41, 5.74) is 1.98. The van der Waals surface area contributed by atoms with Crippen LogP contribution in [0.1, 0.15) is 25.8 Å². The van der Waals surface area contributed by atoms with Crippen molar-refractivity contribution in [1.29, 1.82) is 0 Å². The van der Waals surface area contributed by atoms with Crippen molar-refractivity contribution in [3.63, 3.8) is 0 Å². The minimum atomic E-state index is -0.389. The van der Waals surface area contributed by atoms with Crippen molar-refractivity contribution in [3.8, 4) is 0 Å². The van der Waals surface area contributed by atoms with Gasteiger partial charge in [-0.15, -0.1) is 0 Å². The molecule has 4 nitrogen and oxygen atoms in total. The van der Waals surface area contributed by atoms with Crippen LogP contribution in [0.4, 0.5) is 11.4 Å². The number of rotatable bonds is 5. The quantitative estimate of drug-likeness (QED) is 0.649. The highest BCUT2D eigenvalue weighted by atomic mass is 16.6. The van der Waals surface area contributed by atoms with Crippen LogP contribution in [-0.2, 0) is 5.54 Å². The van der Waals surface area contributed by atoms with Crippen molar-refractivity contribution in [2.75, 3.05) is 5.32 Å². The second-order valence-electron chi connectivity index (χ2n) is 4.98. The van der Waals surface area contributed by atoms with Crippen LogP contribution in [0.3, 0.4) is 0 Å². The van der Waals surface area contributed by atoms with E-state index < -0.39 is 0 Å². The first-order valence-electron chi connectivity index (χ1n) is 6.63. The Kier molecular flexibility index (Phi) is 4.03. The predicted molar refractivity (Wildman–Crippen MR) is 80.8 cm³/mol. The highest BCUT2D eigenvalue weighted by molar-refractivity contribution is 5.51. The Morgan fingerprint density at radius 3 is 2.20 bits per heavy atom. The van der Waals surface area contributed by atoms with E-state index in [-0.39, 0.29) is 16.1 Å². The Morgan fingerprint density at radius 1 is 1.10 bits per heavy atom. The number of nitrogens with zero attached hydrogens (tertiary/aromatic N) is 1. The number of anilines is 1. The second kappa shape index (κ2) is 5.74. The van der Waals surface area contributed by atoms with Gasteiger partial charge in [0.15, 0.2) is 0 Å². The molecule has 0 fully saturated rings. The third-order valence-electron chi connectivity index (χ3n) is 3.62. The van der Waals surface area contributed by atoms with Crippen molar-refractivity contribution >= 4 is 11.4 Å². The maximum absolute atomic E-state index is 10.7. The monoisotopic (exact) mass is 270 g/mol. The number of benzene rings is 2. The summed E-state index contributed by atoms with van der Waals surface area (Å²) in [7, 11) is 0. The van der Waals surface area contributed by atoms with Gasteiger partial charge in [-0.1, -0.05) is 37.3 Å². The lowest BCUT2D eigenvalue weighted by molar-refractivity contribution is -0.384. The topological polar surface area (TPSA) is 55.2 Å². The van der Waals surface area contributed by atoms with E-state index in [2.05, 4.69) is 31.3 Å². The smallest absolute Gasteiger partial charge is 0.269 e. The first kappa shape index (κ1) is 14.1. The first-order chi connectivity index (χ1) is 9.55. The number of hydrogen-bond acceptors (Lipinski definition) is 3. The molecule has 1 unspecified atom stereocenters. The Bertz CT molecular complexity index is 581. The predicted octanol–water partition coefficient (Wildman–Crippen LogP) is 4.33. The van der Waals surface area contributed by atoms with Crippen molar-refractivity contribution in [2.24, 2.45) is 0 Å². The van der Waals surface area contributed by atoms with E-state index in [1.807, 2.05) is 18.2 Å². The number of nitrogens with one attached hydrogen (secondary N) is 1. The molecule has 0 bridgehead atoms. The summed E-state index contributed by atoms with van der Waals surface area (Å²) in [6.07, 6.45) is 0.911. The van der Waals surface area contributed by atoms with Gasteiger partial charge in [-0.2, -0.15) is 0 Å². The molecule has 0 saturated carbocycles. The minimum absolute atomic E-state index is 0.105. The molecular weight excluding hydrogens is 252 g/mol. The molecule has 2 aromatic rings. The van der Waals surface area contributed by atoms with Gasteiger partial charge in [-0.05, 0) is 31.0 Å². The fourth-order valence-corrected chi connectivity index (χ4v) is 2.16. The molecule has 2 aromatic carbocycles. The molecule has 0 aliphatic rings. The highest BCUT2D eigenvalue weighted by Gasteiger charge is 2.24. The standard InChI is InChI=1S/C16H18N2O2/c1-3-16(2,13-7-5-4-6-8-13)17-14-9-11-15(12-10-14)18(19)20/h4-12,17H,3H2,1-2H3. The summed E-state index contributed by atoms with van der Waals surface area (Å²) in [4.78, 5) is 10.3. The normalized spacial score (nSPS) is 13.5. The molecule has 0 saturated heterocycles. The number of hydrogen-bond donors (Lipinski definition) is 1. The molecule has 0 aromatic heterocycles. The van der Waals surface area contributed by atoms with Crippen LogP contribution in [-0.4, -0.2) is 4.92 Å². The highest BCUT2D eigenvalue weighted by Crippen LogP contribution is 2.29. The van der Waals surface area contributed by atoms with Gasteiger partial charge >= 0.3 is 0 Å². The first-order valence-corrected chi connectivity index (χ1v) is 6.63. The lowest BCUT2D eigenvalue weighted by Gasteiger charge is -2.31. The fourth-order valence-electron chi connectivity index (χ4n) is 2.16. The van der Waals surface area contributed by atoms with Gasteiger partial charge in [0.1, 0.15) is 0 Å². The molecular formula is C16H18N2O2. The maximum Gasteiger partial charge on any atom is 0.269 e. The maximum atomic E-state index is 10.7. The molecule has 104 valence electrons. The van der Waals surface area contributed by atoms with Gasteiger partial charge in [-0.25, -0.2) is 0 Å². The van der Waals surface area contributed by atoms with Crippen molar-refractivity contribution < 1.29 is 4.92 Å². The lowest BCUT2D eigenvalue weighted by Crippen LogP contribution is -2.30. The largest absolute Gasteiger partial charge is 0.376 e. The molecule has 0 radical (unpaired) electrons. The Labute approximate surface area is 118 Å². The number of nitro benzene ring substituents is 1. The Balaban J connectivity index is 2.24. The molecule has 1 atom stereocenters. The summed E-state index contributed by atoms with van der Waals surface area (Å²) >= 11 is 0. The van der Waals surface area contributed by atoms with Crippen LogP contribution in [0, 0.1) is 10.1 Å².